The van der Waals surface area contributed by atoms with Crippen molar-refractivity contribution in [3.05, 3.63) is 93.0 Å². The zero-order valence-electron chi connectivity index (χ0n) is 17.1. The van der Waals surface area contributed by atoms with Gasteiger partial charge in [-0.15, -0.1) is 12.4 Å². The molecule has 3 aromatic carbocycles. The number of halogens is 3. The number of hydrogen-bond donors (Lipinski definition) is 1. The fourth-order valence-electron chi connectivity index (χ4n) is 2.90. The number of rotatable bonds is 9. The molecule has 0 atom stereocenters. The van der Waals surface area contributed by atoms with Crippen LogP contribution >= 0.6 is 35.6 Å². The molecule has 160 valence electrons. The first kappa shape index (κ1) is 24.4. The Morgan fingerprint density at radius 3 is 2.20 bits per heavy atom. The Labute approximate surface area is 194 Å². The molecule has 0 bridgehead atoms. The molecule has 0 aliphatic carbocycles. The predicted octanol–water partition coefficient (Wildman–Crippen LogP) is 6.99. The van der Waals surface area contributed by atoms with Crippen LogP contribution < -0.4 is 14.8 Å². The Hall–Kier alpha value is -1.91. The lowest BCUT2D eigenvalue weighted by molar-refractivity contribution is 0.269. The number of hydrogen-bond acceptors (Lipinski definition) is 3. The molecular weight excluding hydrogens is 441 g/mol. The van der Waals surface area contributed by atoms with E-state index in [0.717, 1.165) is 30.0 Å². The molecule has 0 radical (unpaired) electrons. The zero-order chi connectivity index (χ0) is 20.6. The van der Waals surface area contributed by atoms with Crippen molar-refractivity contribution in [1.82, 2.24) is 5.32 Å². The highest BCUT2D eigenvalue weighted by molar-refractivity contribution is 6.35. The van der Waals surface area contributed by atoms with Crippen LogP contribution in [0.4, 0.5) is 0 Å². The van der Waals surface area contributed by atoms with Crippen LogP contribution in [0.3, 0.4) is 0 Å². The van der Waals surface area contributed by atoms with Crippen molar-refractivity contribution in [3.63, 3.8) is 0 Å². The van der Waals surface area contributed by atoms with Crippen LogP contribution in [-0.4, -0.2) is 6.61 Å². The molecule has 0 heterocycles. The van der Waals surface area contributed by atoms with Crippen LogP contribution in [0.5, 0.6) is 11.5 Å². The van der Waals surface area contributed by atoms with Crippen molar-refractivity contribution in [1.29, 1.82) is 0 Å². The Morgan fingerprint density at radius 1 is 0.800 bits per heavy atom. The maximum atomic E-state index is 6.23. The molecule has 0 spiro atoms. The zero-order valence-corrected chi connectivity index (χ0v) is 19.4. The smallest absolute Gasteiger partial charge is 0.161 e. The van der Waals surface area contributed by atoms with Crippen molar-refractivity contribution in [2.75, 3.05) is 6.61 Å². The van der Waals surface area contributed by atoms with Gasteiger partial charge >= 0.3 is 0 Å². The van der Waals surface area contributed by atoms with Gasteiger partial charge in [0, 0.05) is 28.7 Å². The minimum atomic E-state index is 0. The number of benzene rings is 3. The van der Waals surface area contributed by atoms with E-state index in [-0.39, 0.29) is 12.4 Å². The third-order valence-corrected chi connectivity index (χ3v) is 5.07. The topological polar surface area (TPSA) is 30.5 Å². The van der Waals surface area contributed by atoms with Crippen LogP contribution in [0.2, 0.25) is 10.0 Å². The first-order valence-corrected chi connectivity index (χ1v) is 10.4. The molecule has 0 unspecified atom stereocenters. The van der Waals surface area contributed by atoms with E-state index >= 15 is 0 Å². The molecule has 0 aromatic heterocycles. The predicted molar refractivity (Wildman–Crippen MR) is 127 cm³/mol. The Bertz CT molecular complexity index is 946. The lowest BCUT2D eigenvalue weighted by atomic mass is 10.1. The third-order valence-electron chi connectivity index (χ3n) is 4.49. The van der Waals surface area contributed by atoms with Gasteiger partial charge in [-0.05, 0) is 49.2 Å². The van der Waals surface area contributed by atoms with Crippen molar-refractivity contribution in [3.8, 4) is 11.5 Å². The van der Waals surface area contributed by atoms with Crippen LogP contribution in [0.15, 0.2) is 60.7 Å². The molecule has 0 saturated carbocycles. The van der Waals surface area contributed by atoms with Gasteiger partial charge in [0.1, 0.15) is 6.61 Å². The molecule has 1 N–H and O–H groups in total. The van der Waals surface area contributed by atoms with E-state index in [1.165, 1.54) is 11.1 Å². The molecular formula is C24H26Cl3NO2. The van der Waals surface area contributed by atoms with Gasteiger partial charge in [0.2, 0.25) is 0 Å². The third kappa shape index (κ3) is 7.10. The maximum absolute atomic E-state index is 6.23. The largest absolute Gasteiger partial charge is 0.490 e. The van der Waals surface area contributed by atoms with Crippen molar-refractivity contribution < 1.29 is 9.47 Å². The monoisotopic (exact) mass is 465 g/mol. The molecule has 0 saturated heterocycles. The molecule has 0 fully saturated rings. The summed E-state index contributed by atoms with van der Waals surface area (Å²) in [6.45, 7) is 6.54. The number of aryl methyl sites for hydroxylation is 1. The molecule has 3 rings (SSSR count). The van der Waals surface area contributed by atoms with Gasteiger partial charge in [-0.25, -0.2) is 0 Å². The van der Waals surface area contributed by atoms with Gasteiger partial charge in [-0.3, -0.25) is 0 Å². The molecule has 6 heteroatoms. The summed E-state index contributed by atoms with van der Waals surface area (Å²) in [5.74, 6) is 1.42. The minimum Gasteiger partial charge on any atom is -0.490 e. The average molecular weight is 467 g/mol. The van der Waals surface area contributed by atoms with E-state index in [4.69, 9.17) is 32.7 Å². The molecule has 0 amide bonds. The Kier molecular flexibility index (Phi) is 9.80. The molecule has 3 nitrogen and oxygen atoms in total. The summed E-state index contributed by atoms with van der Waals surface area (Å²) in [6, 6.07) is 19.9. The summed E-state index contributed by atoms with van der Waals surface area (Å²) in [7, 11) is 0. The molecule has 30 heavy (non-hydrogen) atoms. The highest BCUT2D eigenvalue weighted by Crippen LogP contribution is 2.30. The quantitative estimate of drug-likeness (QED) is 0.368. The second kappa shape index (κ2) is 12.1. The Balaban J connectivity index is 0.00000320. The van der Waals surface area contributed by atoms with Crippen LogP contribution in [-0.2, 0) is 19.7 Å². The fraction of sp³-hybridized carbons (Fsp3) is 0.250. The van der Waals surface area contributed by atoms with Gasteiger partial charge in [-0.2, -0.15) is 0 Å². The Morgan fingerprint density at radius 2 is 1.50 bits per heavy atom. The second-order valence-corrected chi connectivity index (χ2v) is 7.67. The van der Waals surface area contributed by atoms with Gasteiger partial charge in [-0.1, -0.05) is 65.2 Å². The summed E-state index contributed by atoms with van der Waals surface area (Å²) in [5, 5.41) is 4.67. The fourth-order valence-corrected chi connectivity index (χ4v) is 3.36. The molecule has 0 aliphatic heterocycles. The molecule has 0 aliphatic rings. The van der Waals surface area contributed by atoms with Crippen molar-refractivity contribution in [2.24, 2.45) is 0 Å². The first-order valence-electron chi connectivity index (χ1n) is 9.64. The summed E-state index contributed by atoms with van der Waals surface area (Å²) in [6.07, 6.45) is 0. The highest BCUT2D eigenvalue weighted by Gasteiger charge is 2.09. The summed E-state index contributed by atoms with van der Waals surface area (Å²) >= 11 is 12.2. The van der Waals surface area contributed by atoms with Gasteiger partial charge in [0.15, 0.2) is 11.5 Å². The van der Waals surface area contributed by atoms with Crippen molar-refractivity contribution >= 4 is 35.6 Å². The van der Waals surface area contributed by atoms with Gasteiger partial charge in [0.05, 0.1) is 6.61 Å². The lowest BCUT2D eigenvalue weighted by Gasteiger charge is -2.14. The number of ether oxygens (including phenoxy) is 2. The standard InChI is InChI=1S/C24H25Cl2NO2.ClH/c1-3-28-24-12-19(15-27-14-18-6-4-17(2)5-7-18)8-11-23(24)29-16-20-9-10-21(25)13-22(20)26;/h4-13,27H,3,14-16H2,1-2H3;1H. The van der Waals surface area contributed by atoms with Crippen molar-refractivity contribution in [2.45, 2.75) is 33.5 Å². The average Bonchev–Trinajstić information content (AvgIpc) is 2.70. The summed E-state index contributed by atoms with van der Waals surface area (Å²) in [5.41, 5.74) is 4.55. The van der Waals surface area contributed by atoms with E-state index in [1.807, 2.05) is 31.2 Å². The van der Waals surface area contributed by atoms with Gasteiger partial charge < -0.3 is 14.8 Å². The van der Waals surface area contributed by atoms with E-state index in [9.17, 15) is 0 Å². The van der Waals surface area contributed by atoms with Gasteiger partial charge in [0.25, 0.3) is 0 Å². The maximum Gasteiger partial charge on any atom is 0.161 e. The van der Waals surface area contributed by atoms with Crippen LogP contribution in [0, 0.1) is 6.92 Å². The van der Waals surface area contributed by atoms with E-state index in [1.54, 1.807) is 12.1 Å². The van der Waals surface area contributed by atoms with E-state index in [0.29, 0.717) is 29.0 Å². The first-order chi connectivity index (χ1) is 14.0. The highest BCUT2D eigenvalue weighted by atomic mass is 35.5. The van der Waals surface area contributed by atoms with Crippen LogP contribution in [0.25, 0.3) is 0 Å². The number of nitrogens with one attached hydrogen (secondary N) is 1. The van der Waals surface area contributed by atoms with E-state index < -0.39 is 0 Å². The summed E-state index contributed by atoms with van der Waals surface area (Å²) in [4.78, 5) is 0. The van der Waals surface area contributed by atoms with Crippen LogP contribution in [0.1, 0.15) is 29.2 Å². The summed E-state index contributed by atoms with van der Waals surface area (Å²) < 4.78 is 11.7. The second-order valence-electron chi connectivity index (χ2n) is 6.83. The molecule has 3 aromatic rings. The normalized spacial score (nSPS) is 10.4. The lowest BCUT2D eigenvalue weighted by Crippen LogP contribution is -2.13. The SMILES string of the molecule is CCOc1cc(CNCc2ccc(C)cc2)ccc1OCc1ccc(Cl)cc1Cl.Cl. The minimum absolute atomic E-state index is 0. The van der Waals surface area contributed by atoms with E-state index in [2.05, 4.69) is 36.5 Å².